The zero-order chi connectivity index (χ0) is 23.1. The van der Waals surface area contributed by atoms with Crippen molar-refractivity contribution in [1.29, 1.82) is 0 Å². The van der Waals surface area contributed by atoms with Crippen LogP contribution >= 0.6 is 0 Å². The molecule has 172 valence electrons. The smallest absolute Gasteiger partial charge is 0.403 e. The number of hydrogen-bond donors (Lipinski definition) is 1. The minimum atomic E-state index is -0.328. The van der Waals surface area contributed by atoms with Crippen LogP contribution in [0.4, 0.5) is 0 Å². The average Bonchev–Trinajstić information content (AvgIpc) is 2.99. The third-order valence-electron chi connectivity index (χ3n) is 7.71. The highest BCUT2D eigenvalue weighted by molar-refractivity contribution is 6.46. The minimum Gasteiger partial charge on any atom is -0.403 e. The van der Waals surface area contributed by atoms with Crippen LogP contribution in [-0.2, 0) is 25.2 Å². The summed E-state index contributed by atoms with van der Waals surface area (Å²) in [6, 6.07) is 8.24. The first kappa shape index (κ1) is 24.8. The van der Waals surface area contributed by atoms with Gasteiger partial charge in [-0.1, -0.05) is 30.7 Å². The molecule has 2 heterocycles. The van der Waals surface area contributed by atoms with Crippen LogP contribution in [-0.4, -0.2) is 41.7 Å². The van der Waals surface area contributed by atoms with E-state index >= 15 is 0 Å². The minimum absolute atomic E-state index is 0.0596. The van der Waals surface area contributed by atoms with Crippen molar-refractivity contribution in [3.8, 4) is 0 Å². The SMILES string of the molecule is CC1(C)OB(CCC[C@@H](CB2OC(C)(C)C(C)(C)O2)c2ccc(CO)cc2)OC1(C)C. The molecule has 2 aliphatic heterocycles. The number of hydrogen-bond acceptors (Lipinski definition) is 5. The first-order chi connectivity index (χ1) is 14.3. The summed E-state index contributed by atoms with van der Waals surface area (Å²) in [6.45, 7) is 16.8. The maximum atomic E-state index is 9.39. The van der Waals surface area contributed by atoms with E-state index in [2.05, 4.69) is 67.5 Å². The second-order valence-corrected chi connectivity index (χ2v) is 11.1. The van der Waals surface area contributed by atoms with Crippen molar-refractivity contribution >= 4 is 14.2 Å². The van der Waals surface area contributed by atoms with Gasteiger partial charge in [0.05, 0.1) is 29.0 Å². The molecule has 0 unspecified atom stereocenters. The molecular weight excluding hydrogens is 390 g/mol. The topological polar surface area (TPSA) is 57.2 Å². The number of aliphatic hydroxyl groups is 1. The Balaban J connectivity index is 1.65. The third-order valence-corrected chi connectivity index (χ3v) is 7.71. The van der Waals surface area contributed by atoms with E-state index in [0.717, 1.165) is 31.0 Å². The summed E-state index contributed by atoms with van der Waals surface area (Å²) in [6.07, 6.45) is 3.64. The molecule has 2 saturated heterocycles. The van der Waals surface area contributed by atoms with Gasteiger partial charge in [0.2, 0.25) is 0 Å². The average molecular weight is 430 g/mol. The summed E-state index contributed by atoms with van der Waals surface area (Å²) in [5.41, 5.74) is 0.938. The molecule has 0 saturated carbocycles. The van der Waals surface area contributed by atoms with Crippen molar-refractivity contribution in [3.05, 3.63) is 35.4 Å². The summed E-state index contributed by atoms with van der Waals surface area (Å²) in [7, 11) is -0.399. The van der Waals surface area contributed by atoms with Crippen LogP contribution in [0.3, 0.4) is 0 Å². The highest BCUT2D eigenvalue weighted by atomic mass is 16.7. The maximum Gasteiger partial charge on any atom is 0.458 e. The van der Waals surface area contributed by atoms with Gasteiger partial charge < -0.3 is 23.7 Å². The fourth-order valence-corrected chi connectivity index (χ4v) is 4.22. The fourth-order valence-electron chi connectivity index (χ4n) is 4.22. The molecule has 3 rings (SSSR count). The second-order valence-electron chi connectivity index (χ2n) is 11.1. The van der Waals surface area contributed by atoms with Crippen molar-refractivity contribution in [3.63, 3.8) is 0 Å². The van der Waals surface area contributed by atoms with Crippen LogP contribution in [0.25, 0.3) is 0 Å². The highest BCUT2D eigenvalue weighted by Gasteiger charge is 2.52. The van der Waals surface area contributed by atoms with Gasteiger partial charge in [-0.3, -0.25) is 0 Å². The standard InChI is InChI=1S/C24H40B2O5/c1-21(2)22(3,4)29-25(28-21)15-9-10-20(19-13-11-18(17-27)12-14-19)16-26-30-23(5,6)24(7,8)31-26/h11-14,20,27H,9-10,15-17H2,1-8H3/t20-/m0/s1. The lowest BCUT2D eigenvalue weighted by atomic mass is 9.71. The van der Waals surface area contributed by atoms with E-state index in [1.807, 2.05) is 12.1 Å². The Morgan fingerprint density at radius 1 is 0.742 bits per heavy atom. The van der Waals surface area contributed by atoms with Crippen molar-refractivity contribution in [2.45, 2.75) is 116 Å². The molecule has 1 aromatic rings. The van der Waals surface area contributed by atoms with Crippen LogP contribution in [0, 0.1) is 0 Å². The summed E-state index contributed by atoms with van der Waals surface area (Å²) in [4.78, 5) is 0. The van der Waals surface area contributed by atoms with E-state index < -0.39 is 0 Å². The molecule has 0 amide bonds. The zero-order valence-corrected chi connectivity index (χ0v) is 20.7. The van der Waals surface area contributed by atoms with E-state index in [-0.39, 0.29) is 43.2 Å². The normalized spacial score (nSPS) is 24.5. The van der Waals surface area contributed by atoms with Gasteiger partial charge in [0.25, 0.3) is 0 Å². The number of rotatable bonds is 8. The van der Waals surface area contributed by atoms with E-state index in [1.54, 1.807) is 0 Å². The molecular formula is C24H40B2O5. The van der Waals surface area contributed by atoms with Crippen LogP contribution in [0.15, 0.2) is 24.3 Å². The molecule has 0 aromatic heterocycles. The molecule has 0 radical (unpaired) electrons. The molecule has 1 N–H and O–H groups in total. The van der Waals surface area contributed by atoms with Crippen molar-refractivity contribution in [2.24, 2.45) is 0 Å². The fraction of sp³-hybridized carbons (Fsp3) is 0.750. The Morgan fingerprint density at radius 3 is 1.65 bits per heavy atom. The van der Waals surface area contributed by atoms with Gasteiger partial charge in [0, 0.05) is 0 Å². The van der Waals surface area contributed by atoms with Crippen molar-refractivity contribution < 1.29 is 23.7 Å². The summed E-state index contributed by atoms with van der Waals surface area (Å²) >= 11 is 0. The lowest BCUT2D eigenvalue weighted by Gasteiger charge is -2.32. The largest absolute Gasteiger partial charge is 0.458 e. The predicted octanol–water partition coefficient (Wildman–Crippen LogP) is 5.23. The predicted molar refractivity (Wildman–Crippen MR) is 126 cm³/mol. The molecule has 0 aliphatic carbocycles. The molecule has 5 nitrogen and oxygen atoms in total. The molecule has 1 aromatic carbocycles. The summed E-state index contributed by atoms with van der Waals surface area (Å²) in [5, 5.41) is 9.39. The van der Waals surface area contributed by atoms with Crippen LogP contribution < -0.4 is 0 Å². The van der Waals surface area contributed by atoms with Gasteiger partial charge in [0.1, 0.15) is 0 Å². The lowest BCUT2D eigenvalue weighted by molar-refractivity contribution is 0.00578. The molecule has 0 spiro atoms. The quantitative estimate of drug-likeness (QED) is 0.573. The van der Waals surface area contributed by atoms with Crippen molar-refractivity contribution in [2.75, 3.05) is 0 Å². The number of benzene rings is 1. The van der Waals surface area contributed by atoms with E-state index in [9.17, 15) is 5.11 Å². The Labute approximate surface area is 189 Å². The number of aliphatic hydroxyl groups excluding tert-OH is 1. The van der Waals surface area contributed by atoms with Gasteiger partial charge in [0.15, 0.2) is 0 Å². The van der Waals surface area contributed by atoms with E-state index in [4.69, 9.17) is 18.6 Å². The molecule has 7 heteroatoms. The zero-order valence-electron chi connectivity index (χ0n) is 20.7. The maximum absolute atomic E-state index is 9.39. The van der Waals surface area contributed by atoms with Gasteiger partial charge >= 0.3 is 14.2 Å². The highest BCUT2D eigenvalue weighted by Crippen LogP contribution is 2.42. The molecule has 1 atom stereocenters. The first-order valence-electron chi connectivity index (χ1n) is 11.7. The Bertz CT molecular complexity index is 713. The Kier molecular flexibility index (Phi) is 7.06. The van der Waals surface area contributed by atoms with Crippen molar-refractivity contribution in [1.82, 2.24) is 0 Å². The van der Waals surface area contributed by atoms with Gasteiger partial charge in [-0.05, 0) is 91.5 Å². The van der Waals surface area contributed by atoms with Crippen LogP contribution in [0.5, 0.6) is 0 Å². The van der Waals surface area contributed by atoms with E-state index in [1.165, 1.54) is 5.56 Å². The third kappa shape index (κ3) is 5.39. The molecule has 2 aliphatic rings. The molecule has 31 heavy (non-hydrogen) atoms. The van der Waals surface area contributed by atoms with Crippen LogP contribution in [0.2, 0.25) is 12.6 Å². The lowest BCUT2D eigenvalue weighted by Crippen LogP contribution is -2.41. The Morgan fingerprint density at radius 2 is 1.19 bits per heavy atom. The molecule has 0 bridgehead atoms. The van der Waals surface area contributed by atoms with Gasteiger partial charge in [-0.15, -0.1) is 0 Å². The monoisotopic (exact) mass is 430 g/mol. The van der Waals surface area contributed by atoms with E-state index in [0.29, 0.717) is 5.92 Å². The summed E-state index contributed by atoms with van der Waals surface area (Å²) in [5.74, 6) is 0.296. The first-order valence-corrected chi connectivity index (χ1v) is 11.7. The molecule has 2 fully saturated rings. The Hall–Kier alpha value is -0.850. The second kappa shape index (κ2) is 8.83. The van der Waals surface area contributed by atoms with Gasteiger partial charge in [-0.2, -0.15) is 0 Å². The summed E-state index contributed by atoms with van der Waals surface area (Å²) < 4.78 is 24.9. The van der Waals surface area contributed by atoms with Crippen LogP contribution in [0.1, 0.15) is 85.3 Å². The van der Waals surface area contributed by atoms with Gasteiger partial charge in [-0.25, -0.2) is 0 Å².